The highest BCUT2D eigenvalue weighted by atomic mass is 16.5. The van der Waals surface area contributed by atoms with Gasteiger partial charge in [-0.25, -0.2) is 4.79 Å². The highest BCUT2D eigenvalue weighted by Gasteiger charge is 2.34. The number of piperidine rings is 1. The summed E-state index contributed by atoms with van der Waals surface area (Å²) in [6.07, 6.45) is 2.39. The third-order valence-corrected chi connectivity index (χ3v) is 5.06. The molecule has 1 aromatic heterocycles. The molecule has 2 aliphatic heterocycles. The lowest BCUT2D eigenvalue weighted by atomic mass is 10.0. The largest absolute Gasteiger partial charge is 0.360 e. The van der Waals surface area contributed by atoms with E-state index in [0.717, 1.165) is 52.1 Å². The van der Waals surface area contributed by atoms with Crippen molar-refractivity contribution >= 4 is 17.8 Å². The van der Waals surface area contributed by atoms with Crippen LogP contribution in [0.25, 0.3) is 0 Å². The van der Waals surface area contributed by atoms with Gasteiger partial charge in [0.15, 0.2) is 5.82 Å². The van der Waals surface area contributed by atoms with Crippen molar-refractivity contribution in [1.29, 1.82) is 0 Å². The highest BCUT2D eigenvalue weighted by molar-refractivity contribution is 5.89. The van der Waals surface area contributed by atoms with Crippen molar-refractivity contribution in [1.82, 2.24) is 19.9 Å². The maximum atomic E-state index is 12.3. The number of anilines is 1. The molecular formula is C17H27N5O3. The number of urea groups is 1. The SMILES string of the molecule is CCN1CCN(C2CCN(CCC(=O)Nc3cc(C)on3)CC2)C1=O. The predicted molar refractivity (Wildman–Crippen MR) is 93.3 cm³/mol. The molecule has 0 aromatic carbocycles. The number of aromatic nitrogens is 1. The summed E-state index contributed by atoms with van der Waals surface area (Å²) in [7, 11) is 0. The molecule has 3 amide bonds. The number of amides is 3. The van der Waals surface area contributed by atoms with E-state index in [1.807, 2.05) is 16.7 Å². The molecule has 3 rings (SSSR count). The van der Waals surface area contributed by atoms with Gasteiger partial charge in [0.2, 0.25) is 5.91 Å². The van der Waals surface area contributed by atoms with E-state index in [9.17, 15) is 9.59 Å². The molecule has 25 heavy (non-hydrogen) atoms. The standard InChI is InChI=1S/C17H27N5O3/c1-3-21-10-11-22(17(21)24)14-4-7-20(8-5-14)9-6-16(23)18-15-12-13(2)25-19-15/h12,14H,3-11H2,1-2H3,(H,18,19,23). The Kier molecular flexibility index (Phi) is 5.57. The second kappa shape index (κ2) is 7.86. The summed E-state index contributed by atoms with van der Waals surface area (Å²) in [6.45, 7) is 8.87. The van der Waals surface area contributed by atoms with E-state index in [1.165, 1.54) is 0 Å². The zero-order valence-electron chi connectivity index (χ0n) is 15.0. The average Bonchev–Trinajstić information content (AvgIpc) is 3.19. The molecule has 0 aliphatic carbocycles. The Hall–Kier alpha value is -2.09. The van der Waals surface area contributed by atoms with E-state index >= 15 is 0 Å². The predicted octanol–water partition coefficient (Wildman–Crippen LogP) is 1.53. The van der Waals surface area contributed by atoms with Crippen LogP contribution in [0.1, 0.15) is 31.9 Å². The van der Waals surface area contributed by atoms with Gasteiger partial charge in [0.25, 0.3) is 0 Å². The van der Waals surface area contributed by atoms with Crippen molar-refractivity contribution in [2.75, 3.05) is 44.6 Å². The van der Waals surface area contributed by atoms with Crippen LogP contribution in [0, 0.1) is 6.92 Å². The van der Waals surface area contributed by atoms with Crippen molar-refractivity contribution in [3.63, 3.8) is 0 Å². The lowest BCUT2D eigenvalue weighted by molar-refractivity contribution is -0.116. The van der Waals surface area contributed by atoms with Crippen LogP contribution in [0.15, 0.2) is 10.6 Å². The van der Waals surface area contributed by atoms with Crippen molar-refractivity contribution in [2.24, 2.45) is 0 Å². The Morgan fingerprint density at radius 2 is 2.08 bits per heavy atom. The van der Waals surface area contributed by atoms with Gasteiger partial charge in [-0.3, -0.25) is 4.79 Å². The zero-order valence-corrected chi connectivity index (χ0v) is 15.0. The number of aryl methyl sites for hydroxylation is 1. The maximum absolute atomic E-state index is 12.3. The van der Waals surface area contributed by atoms with Crippen molar-refractivity contribution < 1.29 is 14.1 Å². The van der Waals surface area contributed by atoms with Gasteiger partial charge in [-0.15, -0.1) is 0 Å². The normalized spacial score (nSPS) is 19.7. The van der Waals surface area contributed by atoms with Crippen LogP contribution in [-0.4, -0.2) is 77.1 Å². The number of hydrogen-bond acceptors (Lipinski definition) is 5. The van der Waals surface area contributed by atoms with Gasteiger partial charge >= 0.3 is 6.03 Å². The van der Waals surface area contributed by atoms with E-state index in [1.54, 1.807) is 13.0 Å². The molecule has 0 unspecified atom stereocenters. The fourth-order valence-electron chi connectivity index (χ4n) is 3.58. The van der Waals surface area contributed by atoms with Crippen molar-refractivity contribution in [2.45, 2.75) is 39.2 Å². The van der Waals surface area contributed by atoms with Gasteiger partial charge in [0, 0.05) is 57.8 Å². The van der Waals surface area contributed by atoms with Crippen molar-refractivity contribution in [3.05, 3.63) is 11.8 Å². The van der Waals surface area contributed by atoms with Gasteiger partial charge in [-0.1, -0.05) is 5.16 Å². The first-order valence-corrected chi connectivity index (χ1v) is 9.08. The molecule has 0 atom stereocenters. The Labute approximate surface area is 148 Å². The minimum atomic E-state index is -0.0521. The Balaban J connectivity index is 1.38. The van der Waals surface area contributed by atoms with E-state index in [0.29, 0.717) is 24.0 Å². The summed E-state index contributed by atoms with van der Waals surface area (Å²) < 4.78 is 4.93. The first-order chi connectivity index (χ1) is 12.1. The van der Waals surface area contributed by atoms with Crippen LogP contribution in [-0.2, 0) is 4.79 Å². The number of carbonyl (C=O) groups excluding carboxylic acids is 2. The molecule has 138 valence electrons. The second-order valence-corrected chi connectivity index (χ2v) is 6.75. The molecule has 2 fully saturated rings. The topological polar surface area (TPSA) is 81.9 Å². The first-order valence-electron chi connectivity index (χ1n) is 9.08. The van der Waals surface area contributed by atoms with Crippen LogP contribution in [0.3, 0.4) is 0 Å². The molecule has 2 saturated heterocycles. The summed E-state index contributed by atoms with van der Waals surface area (Å²) >= 11 is 0. The van der Waals surface area contributed by atoms with E-state index in [4.69, 9.17) is 4.52 Å². The van der Waals surface area contributed by atoms with Gasteiger partial charge < -0.3 is 24.5 Å². The van der Waals surface area contributed by atoms with Gasteiger partial charge in [0.05, 0.1) is 0 Å². The number of hydrogen-bond donors (Lipinski definition) is 1. The average molecular weight is 349 g/mol. The molecule has 3 heterocycles. The molecule has 8 heteroatoms. The fourth-order valence-corrected chi connectivity index (χ4v) is 3.58. The highest BCUT2D eigenvalue weighted by Crippen LogP contribution is 2.21. The van der Waals surface area contributed by atoms with Crippen molar-refractivity contribution in [3.8, 4) is 0 Å². The Morgan fingerprint density at radius 1 is 1.32 bits per heavy atom. The number of likely N-dealkylation sites (N-methyl/N-ethyl adjacent to an activating group) is 1. The Bertz CT molecular complexity index is 609. The summed E-state index contributed by atoms with van der Waals surface area (Å²) in [5.74, 6) is 1.09. The van der Waals surface area contributed by atoms with Gasteiger partial charge in [0.1, 0.15) is 5.76 Å². The molecular weight excluding hydrogens is 322 g/mol. The zero-order chi connectivity index (χ0) is 17.8. The molecule has 0 saturated carbocycles. The lowest BCUT2D eigenvalue weighted by Crippen LogP contribution is -2.47. The fraction of sp³-hybridized carbons (Fsp3) is 0.706. The Morgan fingerprint density at radius 3 is 2.68 bits per heavy atom. The number of likely N-dealkylation sites (tertiary alicyclic amines) is 1. The molecule has 1 aromatic rings. The van der Waals surface area contributed by atoms with Gasteiger partial charge in [-0.05, 0) is 26.7 Å². The molecule has 1 N–H and O–H groups in total. The number of nitrogens with zero attached hydrogens (tertiary/aromatic N) is 4. The molecule has 0 spiro atoms. The second-order valence-electron chi connectivity index (χ2n) is 6.75. The quantitative estimate of drug-likeness (QED) is 0.842. The lowest BCUT2D eigenvalue weighted by Gasteiger charge is -2.36. The summed E-state index contributed by atoms with van der Waals surface area (Å²) in [5.41, 5.74) is 0. The summed E-state index contributed by atoms with van der Waals surface area (Å²) in [4.78, 5) is 30.5. The molecule has 2 aliphatic rings. The monoisotopic (exact) mass is 349 g/mol. The minimum Gasteiger partial charge on any atom is -0.360 e. The third-order valence-electron chi connectivity index (χ3n) is 5.06. The smallest absolute Gasteiger partial charge is 0.320 e. The van der Waals surface area contributed by atoms with Crippen LogP contribution in [0.4, 0.5) is 10.6 Å². The summed E-state index contributed by atoms with van der Waals surface area (Å²) in [5, 5.41) is 6.51. The molecule has 0 bridgehead atoms. The van der Waals surface area contributed by atoms with Gasteiger partial charge in [-0.2, -0.15) is 0 Å². The molecule has 0 radical (unpaired) electrons. The van der Waals surface area contributed by atoms with E-state index < -0.39 is 0 Å². The van der Waals surface area contributed by atoms with Crippen LogP contribution < -0.4 is 5.32 Å². The van der Waals surface area contributed by atoms with E-state index in [2.05, 4.69) is 15.4 Å². The first kappa shape index (κ1) is 17.7. The maximum Gasteiger partial charge on any atom is 0.320 e. The van der Waals surface area contributed by atoms with Crippen LogP contribution in [0.2, 0.25) is 0 Å². The molecule has 8 nitrogen and oxygen atoms in total. The number of nitrogens with one attached hydrogen (secondary N) is 1. The number of rotatable bonds is 6. The third kappa shape index (κ3) is 4.31. The minimum absolute atomic E-state index is 0.0521. The van der Waals surface area contributed by atoms with Crippen LogP contribution in [0.5, 0.6) is 0 Å². The van der Waals surface area contributed by atoms with E-state index in [-0.39, 0.29) is 11.9 Å². The van der Waals surface area contributed by atoms with Crippen LogP contribution >= 0.6 is 0 Å². The number of carbonyl (C=O) groups is 2. The summed E-state index contributed by atoms with van der Waals surface area (Å²) in [6, 6.07) is 2.23.